The highest BCUT2D eigenvalue weighted by atomic mass is 15.3. The average Bonchev–Trinajstić information content (AvgIpc) is 2.98. The normalized spacial score (nSPS) is 10.5. The maximum absolute atomic E-state index is 4.54. The van der Waals surface area contributed by atoms with Gasteiger partial charge in [-0.15, -0.1) is 0 Å². The highest BCUT2D eigenvalue weighted by Crippen LogP contribution is 2.24. The van der Waals surface area contributed by atoms with Gasteiger partial charge in [0.15, 0.2) is 0 Å². The summed E-state index contributed by atoms with van der Waals surface area (Å²) < 4.78 is 1.88. The van der Waals surface area contributed by atoms with Crippen molar-refractivity contribution in [2.45, 2.75) is 6.92 Å². The van der Waals surface area contributed by atoms with Crippen LogP contribution in [0.5, 0.6) is 0 Å². The Morgan fingerprint density at radius 3 is 2.65 bits per heavy atom. The zero-order valence-corrected chi connectivity index (χ0v) is 11.4. The minimum Gasteiger partial charge on any atom is -0.357 e. The van der Waals surface area contributed by atoms with Gasteiger partial charge in [0.25, 0.3) is 0 Å². The lowest BCUT2D eigenvalue weighted by atomic mass is 10.2. The molecule has 0 aliphatic rings. The van der Waals surface area contributed by atoms with Gasteiger partial charge in [-0.3, -0.25) is 0 Å². The number of para-hydroxylation sites is 1. The van der Waals surface area contributed by atoms with Crippen molar-refractivity contribution in [2.24, 2.45) is 0 Å². The number of nitrogens with one attached hydrogen (secondary N) is 1. The minimum absolute atomic E-state index is 0.603. The second-order valence-corrected chi connectivity index (χ2v) is 4.44. The van der Waals surface area contributed by atoms with Crippen LogP contribution in [0.4, 0.5) is 5.95 Å². The third kappa shape index (κ3) is 2.14. The Hall–Kier alpha value is -2.69. The molecule has 0 bridgehead atoms. The number of anilines is 1. The van der Waals surface area contributed by atoms with Crippen LogP contribution < -0.4 is 5.32 Å². The van der Waals surface area contributed by atoms with Gasteiger partial charge in [-0.2, -0.15) is 5.10 Å². The smallest absolute Gasteiger partial charge is 0.223 e. The third-order valence-corrected chi connectivity index (χ3v) is 3.08. The third-order valence-electron chi connectivity index (χ3n) is 3.08. The summed E-state index contributed by atoms with van der Waals surface area (Å²) in [7, 11) is 1.81. The highest BCUT2D eigenvalue weighted by molar-refractivity contribution is 5.62. The zero-order valence-electron chi connectivity index (χ0n) is 11.4. The molecule has 0 amide bonds. The standard InChI is InChI=1S/C15H15N5/c1-11-10-17-15(16-2)19-14(11)13-8-9-18-20(13)12-6-4-3-5-7-12/h3-10H,1-2H3,(H,16,17,19). The van der Waals surface area contributed by atoms with Gasteiger partial charge in [0.2, 0.25) is 5.95 Å². The molecule has 0 fully saturated rings. The molecule has 0 atom stereocenters. The average molecular weight is 265 g/mol. The van der Waals surface area contributed by atoms with Gasteiger partial charge in [0.1, 0.15) is 0 Å². The van der Waals surface area contributed by atoms with Crippen molar-refractivity contribution in [3.63, 3.8) is 0 Å². The van der Waals surface area contributed by atoms with E-state index in [9.17, 15) is 0 Å². The van der Waals surface area contributed by atoms with E-state index in [1.54, 1.807) is 6.20 Å². The van der Waals surface area contributed by atoms with Crippen molar-refractivity contribution in [1.29, 1.82) is 0 Å². The number of aromatic nitrogens is 4. The van der Waals surface area contributed by atoms with Crippen LogP contribution in [0.3, 0.4) is 0 Å². The maximum atomic E-state index is 4.54. The van der Waals surface area contributed by atoms with Gasteiger partial charge >= 0.3 is 0 Å². The Kier molecular flexibility index (Phi) is 3.16. The number of rotatable bonds is 3. The van der Waals surface area contributed by atoms with Gasteiger partial charge in [-0.1, -0.05) is 18.2 Å². The first-order chi connectivity index (χ1) is 9.79. The van der Waals surface area contributed by atoms with Gasteiger partial charge in [0, 0.05) is 13.2 Å². The molecule has 0 aliphatic carbocycles. The fourth-order valence-corrected chi connectivity index (χ4v) is 2.08. The van der Waals surface area contributed by atoms with E-state index in [0.717, 1.165) is 22.6 Å². The molecule has 20 heavy (non-hydrogen) atoms. The lowest BCUT2D eigenvalue weighted by Gasteiger charge is -2.10. The predicted molar refractivity (Wildman–Crippen MR) is 78.9 cm³/mol. The monoisotopic (exact) mass is 265 g/mol. The van der Waals surface area contributed by atoms with Crippen molar-refractivity contribution in [3.8, 4) is 17.1 Å². The van der Waals surface area contributed by atoms with Crippen LogP contribution in [0.2, 0.25) is 0 Å². The molecule has 1 N–H and O–H groups in total. The first-order valence-corrected chi connectivity index (χ1v) is 6.41. The Bertz CT molecular complexity index is 718. The number of hydrogen-bond acceptors (Lipinski definition) is 4. The van der Waals surface area contributed by atoms with Crippen molar-refractivity contribution >= 4 is 5.95 Å². The predicted octanol–water partition coefficient (Wildman–Crippen LogP) is 2.68. The first-order valence-electron chi connectivity index (χ1n) is 6.41. The van der Waals surface area contributed by atoms with E-state index in [-0.39, 0.29) is 0 Å². The molecule has 0 spiro atoms. The van der Waals surface area contributed by atoms with E-state index < -0.39 is 0 Å². The Labute approximate surface area is 117 Å². The summed E-state index contributed by atoms with van der Waals surface area (Å²) in [4.78, 5) is 8.75. The Balaban J connectivity index is 2.15. The summed E-state index contributed by atoms with van der Waals surface area (Å²) in [5.41, 5.74) is 3.86. The Morgan fingerprint density at radius 2 is 1.90 bits per heavy atom. The Morgan fingerprint density at radius 1 is 1.10 bits per heavy atom. The molecule has 5 nitrogen and oxygen atoms in total. The maximum Gasteiger partial charge on any atom is 0.223 e. The molecule has 0 radical (unpaired) electrons. The summed E-state index contributed by atoms with van der Waals surface area (Å²) in [6.07, 6.45) is 3.60. The van der Waals surface area contributed by atoms with Crippen molar-refractivity contribution in [2.75, 3.05) is 12.4 Å². The molecule has 3 aromatic rings. The molecule has 0 saturated carbocycles. The van der Waals surface area contributed by atoms with E-state index in [1.807, 2.05) is 61.2 Å². The molecule has 2 heterocycles. The topological polar surface area (TPSA) is 55.6 Å². The second-order valence-electron chi connectivity index (χ2n) is 4.44. The van der Waals surface area contributed by atoms with E-state index in [1.165, 1.54) is 0 Å². The molecule has 0 unspecified atom stereocenters. The molecule has 0 saturated heterocycles. The van der Waals surface area contributed by atoms with Crippen molar-refractivity contribution in [3.05, 3.63) is 54.4 Å². The molecule has 2 aromatic heterocycles. The molecular weight excluding hydrogens is 250 g/mol. The van der Waals surface area contributed by atoms with Gasteiger partial charge in [0.05, 0.1) is 23.3 Å². The fourth-order valence-electron chi connectivity index (χ4n) is 2.08. The molecular formula is C15H15N5. The summed E-state index contributed by atoms with van der Waals surface area (Å²) in [6, 6.07) is 12.0. The number of aryl methyl sites for hydroxylation is 1. The largest absolute Gasteiger partial charge is 0.357 e. The highest BCUT2D eigenvalue weighted by Gasteiger charge is 2.12. The van der Waals surface area contributed by atoms with Crippen molar-refractivity contribution in [1.82, 2.24) is 19.7 Å². The van der Waals surface area contributed by atoms with E-state index >= 15 is 0 Å². The van der Waals surface area contributed by atoms with Crippen LogP contribution in [0.25, 0.3) is 17.1 Å². The first kappa shape index (κ1) is 12.3. The van der Waals surface area contributed by atoms with Crippen LogP contribution in [0.1, 0.15) is 5.56 Å². The summed E-state index contributed by atoms with van der Waals surface area (Å²) in [5.74, 6) is 0.603. The number of benzene rings is 1. The van der Waals surface area contributed by atoms with Crippen LogP contribution >= 0.6 is 0 Å². The van der Waals surface area contributed by atoms with Crippen molar-refractivity contribution < 1.29 is 0 Å². The summed E-state index contributed by atoms with van der Waals surface area (Å²) >= 11 is 0. The minimum atomic E-state index is 0.603. The van der Waals surface area contributed by atoms with Crippen LogP contribution in [-0.2, 0) is 0 Å². The molecule has 1 aromatic carbocycles. The molecule has 0 aliphatic heterocycles. The van der Waals surface area contributed by atoms with Gasteiger partial charge in [-0.25, -0.2) is 14.6 Å². The quantitative estimate of drug-likeness (QED) is 0.791. The van der Waals surface area contributed by atoms with E-state index in [4.69, 9.17) is 0 Å². The number of nitrogens with zero attached hydrogens (tertiary/aromatic N) is 4. The van der Waals surface area contributed by atoms with Crippen LogP contribution in [-0.4, -0.2) is 26.8 Å². The molecule has 3 rings (SSSR count). The molecule has 5 heteroatoms. The van der Waals surface area contributed by atoms with E-state index in [0.29, 0.717) is 5.95 Å². The van der Waals surface area contributed by atoms with Gasteiger partial charge < -0.3 is 5.32 Å². The van der Waals surface area contributed by atoms with Crippen LogP contribution in [0, 0.1) is 6.92 Å². The van der Waals surface area contributed by atoms with E-state index in [2.05, 4.69) is 20.4 Å². The SMILES string of the molecule is CNc1ncc(C)c(-c2ccnn2-c2ccccc2)n1. The van der Waals surface area contributed by atoms with Gasteiger partial charge in [-0.05, 0) is 30.7 Å². The second kappa shape index (κ2) is 5.13. The lowest BCUT2D eigenvalue weighted by Crippen LogP contribution is -2.04. The molecule has 100 valence electrons. The fraction of sp³-hybridized carbons (Fsp3) is 0.133. The summed E-state index contributed by atoms with van der Waals surface area (Å²) in [6.45, 7) is 2.00. The number of hydrogen-bond donors (Lipinski definition) is 1. The summed E-state index contributed by atoms with van der Waals surface area (Å²) in [5, 5.41) is 7.36. The zero-order chi connectivity index (χ0) is 13.9. The van der Waals surface area contributed by atoms with Crippen LogP contribution in [0.15, 0.2) is 48.8 Å². The lowest BCUT2D eigenvalue weighted by molar-refractivity contribution is 0.881.